The molecule has 3 rings (SSSR count). The third kappa shape index (κ3) is 4.58. The highest BCUT2D eigenvalue weighted by Crippen LogP contribution is 2.43. The first-order chi connectivity index (χ1) is 13.4. The third-order valence-corrected chi connectivity index (χ3v) is 6.42. The summed E-state index contributed by atoms with van der Waals surface area (Å²) in [6.07, 6.45) is 2.34. The number of anilines is 1. The molecule has 0 spiro atoms. The SMILES string of the molecule is CCOC(=O)c1c(NC(=O)C(C)Oc2cccc(Br)c2)sc2c1C(C)CCC2. The van der Waals surface area contributed by atoms with E-state index in [2.05, 4.69) is 28.2 Å². The van der Waals surface area contributed by atoms with Gasteiger partial charge < -0.3 is 14.8 Å². The number of nitrogens with one attached hydrogen (secondary N) is 1. The van der Waals surface area contributed by atoms with Gasteiger partial charge in [0, 0.05) is 9.35 Å². The van der Waals surface area contributed by atoms with Gasteiger partial charge in [0.05, 0.1) is 12.2 Å². The monoisotopic (exact) mass is 465 g/mol. The van der Waals surface area contributed by atoms with Gasteiger partial charge in [-0.15, -0.1) is 11.3 Å². The quantitative estimate of drug-likeness (QED) is 0.569. The van der Waals surface area contributed by atoms with Crippen LogP contribution < -0.4 is 10.1 Å². The van der Waals surface area contributed by atoms with Crippen LogP contribution >= 0.6 is 27.3 Å². The van der Waals surface area contributed by atoms with Crippen molar-refractivity contribution in [2.24, 2.45) is 0 Å². The zero-order valence-electron chi connectivity index (χ0n) is 16.2. The van der Waals surface area contributed by atoms with E-state index in [1.165, 1.54) is 11.3 Å². The Hall–Kier alpha value is -1.86. The number of ether oxygens (including phenoxy) is 2. The molecule has 1 aliphatic rings. The standard InChI is InChI=1S/C21H24BrNO4S/c1-4-26-21(25)18-17-12(2)7-5-10-16(17)28-20(18)23-19(24)13(3)27-15-9-6-8-14(22)11-15/h6,8-9,11-13H,4-5,7,10H2,1-3H3,(H,23,24). The van der Waals surface area contributed by atoms with Gasteiger partial charge in [-0.25, -0.2) is 4.79 Å². The van der Waals surface area contributed by atoms with Crippen LogP contribution in [0.15, 0.2) is 28.7 Å². The van der Waals surface area contributed by atoms with Crippen LogP contribution in [-0.2, 0) is 16.0 Å². The first kappa shape index (κ1) is 20.9. The first-order valence-electron chi connectivity index (χ1n) is 9.46. The van der Waals surface area contributed by atoms with Gasteiger partial charge in [-0.2, -0.15) is 0 Å². The van der Waals surface area contributed by atoms with Gasteiger partial charge in [-0.05, 0) is 62.8 Å². The van der Waals surface area contributed by atoms with E-state index in [1.807, 2.05) is 12.1 Å². The number of carbonyl (C=O) groups excluding carboxylic acids is 2. The lowest BCUT2D eigenvalue weighted by Gasteiger charge is -2.20. The molecule has 5 nitrogen and oxygen atoms in total. The molecule has 0 saturated heterocycles. The summed E-state index contributed by atoms with van der Waals surface area (Å²) in [5.74, 6) is 0.212. The predicted molar refractivity (Wildman–Crippen MR) is 114 cm³/mol. The Bertz CT molecular complexity index is 879. The van der Waals surface area contributed by atoms with E-state index in [4.69, 9.17) is 9.47 Å². The molecule has 0 radical (unpaired) electrons. The van der Waals surface area contributed by atoms with Crippen LogP contribution in [0.4, 0.5) is 5.00 Å². The topological polar surface area (TPSA) is 64.6 Å². The number of rotatable bonds is 6. The Morgan fingerprint density at radius 1 is 1.39 bits per heavy atom. The third-order valence-electron chi connectivity index (χ3n) is 4.75. The number of aryl methyl sites for hydroxylation is 1. The van der Waals surface area contributed by atoms with Crippen molar-refractivity contribution in [3.63, 3.8) is 0 Å². The second kappa shape index (κ2) is 9.09. The number of esters is 1. The van der Waals surface area contributed by atoms with Gasteiger partial charge in [-0.3, -0.25) is 4.79 Å². The van der Waals surface area contributed by atoms with E-state index in [1.54, 1.807) is 26.0 Å². The summed E-state index contributed by atoms with van der Waals surface area (Å²) < 4.78 is 11.9. The molecule has 150 valence electrons. The summed E-state index contributed by atoms with van der Waals surface area (Å²) in [7, 11) is 0. The highest BCUT2D eigenvalue weighted by molar-refractivity contribution is 9.10. The molecule has 1 heterocycles. The van der Waals surface area contributed by atoms with Crippen LogP contribution in [0.2, 0.25) is 0 Å². The van der Waals surface area contributed by atoms with Crippen molar-refractivity contribution in [1.82, 2.24) is 0 Å². The smallest absolute Gasteiger partial charge is 0.341 e. The highest BCUT2D eigenvalue weighted by atomic mass is 79.9. The molecule has 0 aliphatic heterocycles. The zero-order valence-corrected chi connectivity index (χ0v) is 18.6. The summed E-state index contributed by atoms with van der Waals surface area (Å²) in [6.45, 7) is 5.90. The molecular weight excluding hydrogens is 442 g/mol. The Morgan fingerprint density at radius 3 is 2.89 bits per heavy atom. The molecule has 7 heteroatoms. The molecule has 1 aromatic carbocycles. The van der Waals surface area contributed by atoms with E-state index >= 15 is 0 Å². The van der Waals surface area contributed by atoms with Crippen LogP contribution in [0.1, 0.15) is 60.3 Å². The molecule has 0 saturated carbocycles. The fraction of sp³-hybridized carbons (Fsp3) is 0.429. The molecule has 2 atom stereocenters. The first-order valence-corrected chi connectivity index (χ1v) is 11.1. The van der Waals surface area contributed by atoms with Crippen molar-refractivity contribution in [1.29, 1.82) is 0 Å². The van der Waals surface area contributed by atoms with Crippen molar-refractivity contribution in [3.8, 4) is 5.75 Å². The number of hydrogen-bond acceptors (Lipinski definition) is 5. The van der Waals surface area contributed by atoms with Crippen LogP contribution in [-0.4, -0.2) is 24.6 Å². The Balaban J connectivity index is 1.82. The minimum atomic E-state index is -0.708. The van der Waals surface area contributed by atoms with Gasteiger partial charge in [-0.1, -0.05) is 28.9 Å². The lowest BCUT2D eigenvalue weighted by molar-refractivity contribution is -0.122. The normalized spacial score (nSPS) is 16.8. The maximum atomic E-state index is 12.7. The molecular formula is C21H24BrNO4S. The minimum Gasteiger partial charge on any atom is -0.481 e. The average molecular weight is 466 g/mol. The summed E-state index contributed by atoms with van der Waals surface area (Å²) in [4.78, 5) is 26.5. The molecule has 1 aliphatic carbocycles. The molecule has 2 aromatic rings. The van der Waals surface area contributed by atoms with Crippen molar-refractivity contribution in [2.45, 2.75) is 52.1 Å². The van der Waals surface area contributed by atoms with Crippen molar-refractivity contribution >= 4 is 44.1 Å². The molecule has 0 bridgehead atoms. The van der Waals surface area contributed by atoms with Gasteiger partial charge in [0.2, 0.25) is 0 Å². The van der Waals surface area contributed by atoms with E-state index < -0.39 is 6.10 Å². The fourth-order valence-electron chi connectivity index (χ4n) is 3.42. The van der Waals surface area contributed by atoms with E-state index in [0.29, 0.717) is 22.9 Å². The highest BCUT2D eigenvalue weighted by Gasteiger charge is 2.31. The predicted octanol–water partition coefficient (Wildman–Crippen LogP) is 5.53. The minimum absolute atomic E-state index is 0.278. The molecule has 1 N–H and O–H groups in total. The van der Waals surface area contributed by atoms with Gasteiger partial charge in [0.25, 0.3) is 5.91 Å². The fourth-order valence-corrected chi connectivity index (χ4v) is 5.15. The van der Waals surface area contributed by atoms with Crippen LogP contribution in [0.25, 0.3) is 0 Å². The second-order valence-corrected chi connectivity index (χ2v) is 8.88. The second-order valence-electron chi connectivity index (χ2n) is 6.86. The van der Waals surface area contributed by atoms with Gasteiger partial charge >= 0.3 is 5.97 Å². The van der Waals surface area contributed by atoms with Crippen molar-refractivity contribution in [2.75, 3.05) is 11.9 Å². The molecule has 1 amide bonds. The maximum Gasteiger partial charge on any atom is 0.341 e. The summed E-state index contributed by atoms with van der Waals surface area (Å²) >= 11 is 4.87. The maximum absolute atomic E-state index is 12.7. The van der Waals surface area contributed by atoms with Gasteiger partial charge in [0.15, 0.2) is 6.10 Å². The van der Waals surface area contributed by atoms with E-state index in [-0.39, 0.29) is 17.8 Å². The number of thiophene rings is 1. The molecule has 1 aromatic heterocycles. The molecule has 28 heavy (non-hydrogen) atoms. The number of carbonyl (C=O) groups is 2. The van der Waals surface area contributed by atoms with Crippen molar-refractivity contribution in [3.05, 3.63) is 44.7 Å². The Kier molecular flexibility index (Phi) is 6.78. The number of hydrogen-bond donors (Lipinski definition) is 1. The lowest BCUT2D eigenvalue weighted by Crippen LogP contribution is -2.30. The molecule has 0 fully saturated rings. The lowest BCUT2D eigenvalue weighted by atomic mass is 9.86. The van der Waals surface area contributed by atoms with Gasteiger partial charge in [0.1, 0.15) is 10.8 Å². The van der Waals surface area contributed by atoms with Crippen LogP contribution in [0.3, 0.4) is 0 Å². The summed E-state index contributed by atoms with van der Waals surface area (Å²) in [6, 6.07) is 7.33. The average Bonchev–Trinajstić information content (AvgIpc) is 3.01. The van der Waals surface area contributed by atoms with Crippen molar-refractivity contribution < 1.29 is 19.1 Å². The number of halogens is 1. The Labute approximate surface area is 177 Å². The summed E-state index contributed by atoms with van der Waals surface area (Å²) in [5, 5.41) is 3.47. The zero-order chi connectivity index (χ0) is 20.3. The van der Waals surface area contributed by atoms with E-state index in [9.17, 15) is 9.59 Å². The van der Waals surface area contributed by atoms with Crippen LogP contribution in [0, 0.1) is 0 Å². The number of amides is 1. The molecule has 2 unspecified atom stereocenters. The summed E-state index contributed by atoms with van der Waals surface area (Å²) in [5.41, 5.74) is 1.54. The van der Waals surface area contributed by atoms with E-state index in [0.717, 1.165) is 34.2 Å². The Morgan fingerprint density at radius 2 is 2.18 bits per heavy atom. The number of benzene rings is 1. The number of fused-ring (bicyclic) bond motifs is 1. The van der Waals surface area contributed by atoms with Crippen LogP contribution in [0.5, 0.6) is 5.75 Å². The largest absolute Gasteiger partial charge is 0.481 e.